The van der Waals surface area contributed by atoms with Crippen LogP contribution in [0.25, 0.3) is 10.8 Å². The summed E-state index contributed by atoms with van der Waals surface area (Å²) in [6.45, 7) is 2.52. The van der Waals surface area contributed by atoms with Crippen LogP contribution in [0.15, 0.2) is 65.6 Å². The maximum Gasteiger partial charge on any atom is 0.251 e. The molecule has 0 radical (unpaired) electrons. The molecule has 29 heavy (non-hydrogen) atoms. The number of hydrogen-bond donors (Lipinski definition) is 2. The van der Waals surface area contributed by atoms with Gasteiger partial charge in [0.15, 0.2) is 0 Å². The Hall–Kier alpha value is -2.90. The van der Waals surface area contributed by atoms with Crippen molar-refractivity contribution in [1.29, 1.82) is 0 Å². The fraction of sp³-hybridized carbons (Fsp3) is 0.227. The Morgan fingerprint density at radius 2 is 1.79 bits per heavy atom. The average molecular weight is 413 g/mol. The van der Waals surface area contributed by atoms with E-state index < -0.39 is 10.0 Å². The van der Waals surface area contributed by atoms with Gasteiger partial charge in [0.25, 0.3) is 5.91 Å². The Morgan fingerprint density at radius 3 is 2.55 bits per heavy atom. The van der Waals surface area contributed by atoms with Crippen molar-refractivity contribution in [2.75, 3.05) is 13.7 Å². The van der Waals surface area contributed by atoms with Crippen LogP contribution < -0.4 is 14.8 Å². The summed E-state index contributed by atoms with van der Waals surface area (Å²) in [7, 11) is -2.37. The van der Waals surface area contributed by atoms with Gasteiger partial charge in [0, 0.05) is 18.7 Å². The predicted octanol–water partition coefficient (Wildman–Crippen LogP) is 3.47. The second kappa shape index (κ2) is 9.07. The van der Waals surface area contributed by atoms with Gasteiger partial charge < -0.3 is 10.1 Å². The zero-order chi connectivity index (χ0) is 20.9. The van der Waals surface area contributed by atoms with Crippen molar-refractivity contribution >= 4 is 26.7 Å². The topological polar surface area (TPSA) is 84.5 Å². The van der Waals surface area contributed by atoms with Gasteiger partial charge in [0.05, 0.1) is 7.11 Å². The van der Waals surface area contributed by atoms with Crippen molar-refractivity contribution in [1.82, 2.24) is 10.0 Å². The first-order chi connectivity index (χ1) is 14.0. The van der Waals surface area contributed by atoms with E-state index in [0.717, 1.165) is 16.3 Å². The van der Waals surface area contributed by atoms with Crippen molar-refractivity contribution < 1.29 is 17.9 Å². The van der Waals surface area contributed by atoms with Gasteiger partial charge in [-0.2, -0.15) is 0 Å². The lowest BCUT2D eigenvalue weighted by Gasteiger charge is -2.13. The second-order valence-corrected chi connectivity index (χ2v) is 8.32. The minimum Gasteiger partial charge on any atom is -0.495 e. The van der Waals surface area contributed by atoms with E-state index in [1.165, 1.54) is 19.2 Å². The van der Waals surface area contributed by atoms with Gasteiger partial charge >= 0.3 is 0 Å². The summed E-state index contributed by atoms with van der Waals surface area (Å²) in [6.07, 6.45) is 0.659. The number of ether oxygens (including phenoxy) is 1. The van der Waals surface area contributed by atoms with E-state index in [4.69, 9.17) is 4.74 Å². The molecule has 3 aromatic carbocycles. The lowest BCUT2D eigenvalue weighted by Crippen LogP contribution is -2.26. The first-order valence-corrected chi connectivity index (χ1v) is 10.9. The molecule has 0 unspecified atom stereocenters. The molecule has 7 heteroatoms. The predicted molar refractivity (Wildman–Crippen MR) is 114 cm³/mol. The van der Waals surface area contributed by atoms with Gasteiger partial charge in [-0.25, -0.2) is 13.1 Å². The smallest absolute Gasteiger partial charge is 0.251 e. The Labute approximate surface area is 170 Å². The number of sulfonamides is 1. The number of carbonyl (C=O) groups is 1. The van der Waals surface area contributed by atoms with Gasteiger partial charge in [-0.3, -0.25) is 4.79 Å². The van der Waals surface area contributed by atoms with Crippen LogP contribution in [0.1, 0.15) is 29.3 Å². The molecule has 3 aromatic rings. The standard InChI is InChI=1S/C22H24N2O4S/c1-3-13-24-29(26,27)21-14-17(11-12-20(21)28-2)22(25)23-15-18-9-6-8-16-7-4-5-10-19(16)18/h4-12,14,24H,3,13,15H2,1-2H3,(H,23,25). The molecule has 0 saturated carbocycles. The zero-order valence-corrected chi connectivity index (χ0v) is 17.3. The summed E-state index contributed by atoms with van der Waals surface area (Å²) in [5, 5.41) is 5.03. The van der Waals surface area contributed by atoms with E-state index in [0.29, 0.717) is 19.5 Å². The van der Waals surface area contributed by atoms with Crippen LogP contribution in [0.4, 0.5) is 0 Å². The number of rotatable bonds is 8. The van der Waals surface area contributed by atoms with Gasteiger partial charge in [0.1, 0.15) is 10.6 Å². The summed E-state index contributed by atoms with van der Waals surface area (Å²) in [6, 6.07) is 18.3. The number of nitrogens with one attached hydrogen (secondary N) is 2. The zero-order valence-electron chi connectivity index (χ0n) is 16.4. The van der Waals surface area contributed by atoms with Gasteiger partial charge in [0.2, 0.25) is 10.0 Å². The van der Waals surface area contributed by atoms with Crippen LogP contribution in [-0.2, 0) is 16.6 Å². The third-order valence-corrected chi connectivity index (χ3v) is 6.06. The molecule has 0 aromatic heterocycles. The third kappa shape index (κ3) is 4.75. The van der Waals surface area contributed by atoms with Crippen molar-refractivity contribution in [2.45, 2.75) is 24.8 Å². The monoisotopic (exact) mass is 412 g/mol. The molecule has 0 saturated heterocycles. The van der Waals surface area contributed by atoms with Gasteiger partial charge in [-0.05, 0) is 41.0 Å². The molecule has 0 aliphatic heterocycles. The highest BCUT2D eigenvalue weighted by atomic mass is 32.2. The fourth-order valence-corrected chi connectivity index (χ4v) is 4.39. The molecule has 0 spiro atoms. The first kappa shape index (κ1) is 20.8. The van der Waals surface area contributed by atoms with Crippen molar-refractivity contribution in [2.24, 2.45) is 0 Å². The molecule has 0 fully saturated rings. The van der Waals surface area contributed by atoms with Crippen LogP contribution >= 0.6 is 0 Å². The molecular weight excluding hydrogens is 388 g/mol. The highest BCUT2D eigenvalue weighted by Gasteiger charge is 2.21. The Morgan fingerprint density at radius 1 is 1.03 bits per heavy atom. The summed E-state index contributed by atoms with van der Waals surface area (Å²) in [5.74, 6) is -0.160. The number of hydrogen-bond acceptors (Lipinski definition) is 4. The second-order valence-electron chi connectivity index (χ2n) is 6.58. The lowest BCUT2D eigenvalue weighted by molar-refractivity contribution is 0.0951. The van der Waals surface area contributed by atoms with Gasteiger partial charge in [-0.1, -0.05) is 49.4 Å². The summed E-state index contributed by atoms with van der Waals surface area (Å²) < 4.78 is 32.8. The third-order valence-electron chi connectivity index (χ3n) is 4.58. The number of fused-ring (bicyclic) bond motifs is 1. The Balaban J connectivity index is 1.83. The number of amides is 1. The summed E-state index contributed by atoms with van der Waals surface area (Å²) >= 11 is 0. The largest absolute Gasteiger partial charge is 0.495 e. The molecule has 0 bridgehead atoms. The molecule has 1 amide bonds. The highest BCUT2D eigenvalue weighted by Crippen LogP contribution is 2.25. The van der Waals surface area contributed by atoms with Crippen molar-refractivity contribution in [3.05, 3.63) is 71.8 Å². The Bertz CT molecular complexity index is 1120. The normalized spacial score (nSPS) is 11.4. The molecule has 0 aliphatic carbocycles. The molecule has 2 N–H and O–H groups in total. The summed E-state index contributed by atoms with van der Waals surface area (Å²) in [4.78, 5) is 12.6. The first-order valence-electron chi connectivity index (χ1n) is 9.39. The number of benzene rings is 3. The van der Waals surface area contributed by atoms with E-state index in [2.05, 4.69) is 10.0 Å². The molecule has 6 nitrogen and oxygen atoms in total. The van der Waals surface area contributed by atoms with Crippen LogP contribution in [0, 0.1) is 0 Å². The van der Waals surface area contributed by atoms with E-state index >= 15 is 0 Å². The molecule has 3 rings (SSSR count). The van der Waals surface area contributed by atoms with Crippen LogP contribution in [0.3, 0.4) is 0 Å². The molecule has 0 atom stereocenters. The quantitative estimate of drug-likeness (QED) is 0.593. The number of methoxy groups -OCH3 is 1. The Kier molecular flexibility index (Phi) is 6.51. The minimum atomic E-state index is -3.77. The van der Waals surface area contributed by atoms with E-state index in [-0.39, 0.29) is 22.1 Å². The fourth-order valence-electron chi connectivity index (χ4n) is 3.07. The number of carbonyl (C=O) groups excluding carboxylic acids is 1. The average Bonchev–Trinajstić information content (AvgIpc) is 2.75. The van der Waals surface area contributed by atoms with E-state index in [1.54, 1.807) is 6.07 Å². The highest BCUT2D eigenvalue weighted by molar-refractivity contribution is 7.89. The molecule has 152 valence electrons. The van der Waals surface area contributed by atoms with Gasteiger partial charge in [-0.15, -0.1) is 0 Å². The maximum atomic E-state index is 12.7. The van der Waals surface area contributed by atoms with E-state index in [1.807, 2.05) is 49.4 Å². The summed E-state index contributed by atoms with van der Waals surface area (Å²) in [5.41, 5.74) is 1.24. The van der Waals surface area contributed by atoms with E-state index in [9.17, 15) is 13.2 Å². The van der Waals surface area contributed by atoms with Crippen molar-refractivity contribution in [3.8, 4) is 5.75 Å². The van der Waals surface area contributed by atoms with Crippen LogP contribution in [0.5, 0.6) is 5.75 Å². The molecular formula is C22H24N2O4S. The SMILES string of the molecule is CCCNS(=O)(=O)c1cc(C(=O)NCc2cccc3ccccc23)ccc1OC. The maximum absolute atomic E-state index is 12.7. The van der Waals surface area contributed by atoms with Crippen LogP contribution in [0.2, 0.25) is 0 Å². The minimum absolute atomic E-state index is 0.0498. The molecule has 0 aliphatic rings. The molecule has 0 heterocycles. The van der Waals surface area contributed by atoms with Crippen LogP contribution in [-0.4, -0.2) is 28.0 Å². The lowest BCUT2D eigenvalue weighted by atomic mass is 10.0. The van der Waals surface area contributed by atoms with Crippen molar-refractivity contribution in [3.63, 3.8) is 0 Å².